The van der Waals surface area contributed by atoms with Crippen LogP contribution in [0.25, 0.3) is 0 Å². The van der Waals surface area contributed by atoms with Crippen molar-refractivity contribution >= 4 is 23.3 Å². The topological polar surface area (TPSA) is 65.0 Å². The fourth-order valence-electron chi connectivity index (χ4n) is 4.36. The first kappa shape index (κ1) is 17.9. The Morgan fingerprint density at radius 1 is 1.07 bits per heavy atom. The summed E-state index contributed by atoms with van der Waals surface area (Å²) in [6, 6.07) is 17.4. The van der Waals surface area contributed by atoms with E-state index in [1.807, 2.05) is 41.3 Å². The Balaban J connectivity index is 1.45. The van der Waals surface area contributed by atoms with Crippen LogP contribution in [-0.2, 0) is 16.0 Å². The van der Waals surface area contributed by atoms with Crippen LogP contribution in [0.4, 0.5) is 5.69 Å². The molecule has 2 atom stereocenters. The molecule has 2 aromatic rings. The molecule has 0 aromatic heterocycles. The van der Waals surface area contributed by atoms with Crippen LogP contribution in [0.1, 0.15) is 43.4 Å². The number of rotatable bonds is 4. The Morgan fingerprint density at radius 3 is 2.55 bits per heavy atom. The van der Waals surface area contributed by atoms with Gasteiger partial charge in [0.15, 0.2) is 0 Å². The van der Waals surface area contributed by atoms with Gasteiger partial charge in [-0.3, -0.25) is 15.0 Å². The van der Waals surface area contributed by atoms with Crippen molar-refractivity contribution in [3.8, 4) is 0 Å². The molecule has 1 fully saturated rings. The summed E-state index contributed by atoms with van der Waals surface area (Å²) in [5, 5.41) is 1.44. The van der Waals surface area contributed by atoms with Crippen LogP contribution < -0.4 is 10.4 Å². The number of nitrogens with zero attached hydrogens (tertiary/aromatic N) is 3. The average Bonchev–Trinajstić information content (AvgIpc) is 3.50. The van der Waals surface area contributed by atoms with Crippen LogP contribution in [-0.4, -0.2) is 34.6 Å². The van der Waals surface area contributed by atoms with E-state index in [1.54, 1.807) is 6.92 Å². The van der Waals surface area contributed by atoms with Crippen molar-refractivity contribution in [2.24, 2.45) is 4.99 Å². The minimum absolute atomic E-state index is 0.0776. The number of amidine groups is 1. The third kappa shape index (κ3) is 3.18. The number of benzene rings is 2. The van der Waals surface area contributed by atoms with E-state index in [2.05, 4.69) is 28.6 Å². The highest BCUT2D eigenvalue weighted by atomic mass is 16.2. The quantitative estimate of drug-likeness (QED) is 0.876. The SMILES string of the molecule is CC1N=C(C(=O)N(C2CC2)C2CCc3ccccc32)NN(c2ccccc2)C1=O. The summed E-state index contributed by atoms with van der Waals surface area (Å²) in [5.74, 6) is -0.0383. The molecule has 0 radical (unpaired) electrons. The van der Waals surface area contributed by atoms with E-state index >= 15 is 0 Å². The molecule has 2 aliphatic carbocycles. The van der Waals surface area contributed by atoms with E-state index in [4.69, 9.17) is 0 Å². The predicted octanol–water partition coefficient (Wildman–Crippen LogP) is 3.00. The van der Waals surface area contributed by atoms with E-state index in [0.29, 0.717) is 5.69 Å². The lowest BCUT2D eigenvalue weighted by molar-refractivity contribution is -0.127. The van der Waals surface area contributed by atoms with Gasteiger partial charge in [-0.25, -0.2) is 10.0 Å². The van der Waals surface area contributed by atoms with Gasteiger partial charge in [-0.05, 0) is 55.9 Å². The lowest BCUT2D eigenvalue weighted by atomic mass is 10.1. The molecule has 2 amide bonds. The van der Waals surface area contributed by atoms with Crippen LogP contribution >= 0.6 is 0 Å². The highest BCUT2D eigenvalue weighted by molar-refractivity contribution is 6.39. The number of hydrazine groups is 1. The summed E-state index contributed by atoms with van der Waals surface area (Å²) < 4.78 is 0. The van der Waals surface area contributed by atoms with E-state index in [-0.39, 0.29) is 29.7 Å². The first-order valence-electron chi connectivity index (χ1n) is 10.3. The largest absolute Gasteiger partial charge is 0.326 e. The zero-order valence-electron chi connectivity index (χ0n) is 16.4. The maximum absolute atomic E-state index is 13.6. The molecule has 2 aromatic carbocycles. The summed E-state index contributed by atoms with van der Waals surface area (Å²) >= 11 is 0. The second kappa shape index (κ2) is 7.03. The second-order valence-electron chi connectivity index (χ2n) is 7.97. The smallest absolute Gasteiger partial charge is 0.291 e. The maximum atomic E-state index is 13.6. The number of aliphatic imine (C=N–C) groups is 1. The molecule has 6 heteroatoms. The molecule has 5 rings (SSSR count). The number of amides is 2. The second-order valence-corrected chi connectivity index (χ2v) is 7.97. The van der Waals surface area contributed by atoms with E-state index in [1.165, 1.54) is 16.1 Å². The third-order valence-corrected chi connectivity index (χ3v) is 5.95. The number of anilines is 1. The Labute approximate surface area is 170 Å². The Morgan fingerprint density at radius 2 is 1.79 bits per heavy atom. The number of aryl methyl sites for hydroxylation is 1. The lowest BCUT2D eigenvalue weighted by Crippen LogP contribution is -2.59. The molecule has 6 nitrogen and oxygen atoms in total. The normalized spacial score (nSPS) is 23.3. The van der Waals surface area contributed by atoms with E-state index in [9.17, 15) is 9.59 Å². The van der Waals surface area contributed by atoms with Crippen molar-refractivity contribution in [3.63, 3.8) is 0 Å². The number of nitrogens with one attached hydrogen (secondary N) is 1. The first-order valence-corrected chi connectivity index (χ1v) is 10.3. The number of para-hydroxylation sites is 1. The number of carbonyl (C=O) groups excluding carboxylic acids is 2. The van der Waals surface area contributed by atoms with Gasteiger partial charge < -0.3 is 4.90 Å². The standard InChI is InChI=1S/C23H24N4O2/c1-15-22(28)27(18-8-3-2-4-9-18)25-21(24-15)23(29)26(17-12-13-17)20-14-11-16-7-5-6-10-19(16)20/h2-10,15,17,20H,11-14H2,1H3,(H,24,25). The molecule has 2 unspecified atom stereocenters. The van der Waals surface area contributed by atoms with Gasteiger partial charge in [0.2, 0.25) is 5.84 Å². The van der Waals surface area contributed by atoms with Gasteiger partial charge in [-0.1, -0.05) is 42.5 Å². The highest BCUT2D eigenvalue weighted by Gasteiger charge is 2.43. The zero-order chi connectivity index (χ0) is 20.0. The van der Waals surface area contributed by atoms with Crippen LogP contribution in [0.2, 0.25) is 0 Å². The summed E-state index contributed by atoms with van der Waals surface area (Å²) in [6.45, 7) is 1.73. The summed E-state index contributed by atoms with van der Waals surface area (Å²) in [5.41, 5.74) is 6.27. The van der Waals surface area contributed by atoms with E-state index < -0.39 is 6.04 Å². The molecule has 0 saturated heterocycles. The molecular weight excluding hydrogens is 364 g/mol. The first-order chi connectivity index (χ1) is 14.1. The van der Waals surface area contributed by atoms with Gasteiger partial charge in [-0.2, -0.15) is 0 Å². The molecule has 1 N–H and O–H groups in total. The minimum Gasteiger partial charge on any atom is -0.326 e. The Bertz CT molecular complexity index is 983. The van der Waals surface area contributed by atoms with Gasteiger partial charge in [0.1, 0.15) is 6.04 Å². The van der Waals surface area contributed by atoms with Gasteiger partial charge in [0.05, 0.1) is 11.7 Å². The Hall–Kier alpha value is -3.15. The zero-order valence-corrected chi connectivity index (χ0v) is 16.4. The molecule has 148 valence electrons. The van der Waals surface area contributed by atoms with Gasteiger partial charge in [0, 0.05) is 6.04 Å². The molecule has 3 aliphatic rings. The van der Waals surface area contributed by atoms with Crippen molar-refractivity contribution in [1.29, 1.82) is 0 Å². The minimum atomic E-state index is -0.604. The van der Waals surface area contributed by atoms with Crippen molar-refractivity contribution in [3.05, 3.63) is 65.7 Å². The summed E-state index contributed by atoms with van der Waals surface area (Å²) in [6.07, 6.45) is 3.97. The molecule has 1 aliphatic heterocycles. The van der Waals surface area contributed by atoms with Gasteiger partial charge in [-0.15, -0.1) is 0 Å². The number of fused-ring (bicyclic) bond motifs is 1. The molecule has 0 bridgehead atoms. The van der Waals surface area contributed by atoms with Crippen LogP contribution in [0, 0.1) is 0 Å². The van der Waals surface area contributed by atoms with Crippen molar-refractivity contribution in [2.45, 2.75) is 50.7 Å². The van der Waals surface area contributed by atoms with Crippen LogP contribution in [0.15, 0.2) is 59.6 Å². The fraction of sp³-hybridized carbons (Fsp3) is 0.348. The average molecular weight is 388 g/mol. The highest BCUT2D eigenvalue weighted by Crippen LogP contribution is 2.42. The van der Waals surface area contributed by atoms with Gasteiger partial charge >= 0.3 is 0 Å². The summed E-state index contributed by atoms with van der Waals surface area (Å²) in [4.78, 5) is 32.7. The fourth-order valence-corrected chi connectivity index (χ4v) is 4.36. The van der Waals surface area contributed by atoms with E-state index in [0.717, 1.165) is 25.7 Å². The number of hydrogen-bond donors (Lipinski definition) is 1. The summed E-state index contributed by atoms with van der Waals surface area (Å²) in [7, 11) is 0. The molecule has 29 heavy (non-hydrogen) atoms. The number of carbonyl (C=O) groups is 2. The van der Waals surface area contributed by atoms with Crippen molar-refractivity contribution in [2.75, 3.05) is 5.01 Å². The Kier molecular flexibility index (Phi) is 4.34. The molecular formula is C23H24N4O2. The maximum Gasteiger partial charge on any atom is 0.291 e. The third-order valence-electron chi connectivity index (χ3n) is 5.95. The molecule has 0 spiro atoms. The van der Waals surface area contributed by atoms with Crippen molar-refractivity contribution < 1.29 is 9.59 Å². The lowest BCUT2D eigenvalue weighted by Gasteiger charge is -2.35. The van der Waals surface area contributed by atoms with Crippen LogP contribution in [0.3, 0.4) is 0 Å². The number of hydrogen-bond acceptors (Lipinski definition) is 4. The van der Waals surface area contributed by atoms with Crippen molar-refractivity contribution in [1.82, 2.24) is 10.3 Å². The molecule has 1 heterocycles. The molecule has 1 saturated carbocycles. The monoisotopic (exact) mass is 388 g/mol. The predicted molar refractivity (Wildman–Crippen MR) is 111 cm³/mol. The van der Waals surface area contributed by atoms with Gasteiger partial charge in [0.25, 0.3) is 11.8 Å². The van der Waals surface area contributed by atoms with Crippen LogP contribution in [0.5, 0.6) is 0 Å².